The molecule has 55 valence electrons. The third kappa shape index (κ3) is 3.40. The minimum absolute atomic E-state index is 0.113. The molecule has 0 aromatic rings. The molecule has 0 saturated heterocycles. The first-order valence-electron chi connectivity index (χ1n) is 2.90. The molecule has 0 heterocycles. The zero-order valence-electron chi connectivity index (χ0n) is 5.66. The van der Waals surface area contributed by atoms with Crippen LogP contribution in [0, 0.1) is 6.10 Å². The van der Waals surface area contributed by atoms with Gasteiger partial charge in [0.15, 0.2) is 6.10 Å². The molecule has 0 fully saturated rings. The van der Waals surface area contributed by atoms with Gasteiger partial charge in [-0.1, -0.05) is 0 Å². The maximum atomic E-state index is 12.2. The molecule has 0 bridgehead atoms. The number of rotatable bonds is 4. The molecular formula is C6H11F2O. The van der Waals surface area contributed by atoms with Crippen molar-refractivity contribution in [3.8, 4) is 0 Å². The molecule has 0 aromatic heterocycles. The fourth-order valence-corrected chi connectivity index (χ4v) is 0.445. The van der Waals surface area contributed by atoms with Crippen LogP contribution in [0.2, 0.25) is 0 Å². The van der Waals surface area contributed by atoms with Crippen LogP contribution in [-0.4, -0.2) is 19.5 Å². The van der Waals surface area contributed by atoms with Crippen molar-refractivity contribution in [2.24, 2.45) is 0 Å². The molecule has 1 atom stereocenters. The molecule has 0 aromatic carbocycles. The lowest BCUT2D eigenvalue weighted by molar-refractivity contribution is 0.0818. The summed E-state index contributed by atoms with van der Waals surface area (Å²) in [5, 5.41) is 0. The largest absolute Gasteiger partial charge is 0.366 e. The molecule has 0 aliphatic rings. The Labute approximate surface area is 54.0 Å². The summed E-state index contributed by atoms with van der Waals surface area (Å²) in [6, 6.07) is 0. The topological polar surface area (TPSA) is 9.23 Å². The first kappa shape index (κ1) is 8.82. The second kappa shape index (κ2) is 4.68. The second-order valence-electron chi connectivity index (χ2n) is 1.65. The van der Waals surface area contributed by atoms with Crippen LogP contribution in [0.3, 0.4) is 0 Å². The highest BCUT2D eigenvalue weighted by atomic mass is 19.1. The summed E-state index contributed by atoms with van der Waals surface area (Å²) in [6.45, 7) is 2.45. The highest BCUT2D eigenvalue weighted by Gasteiger charge is 2.17. The lowest BCUT2D eigenvalue weighted by atomic mass is 10.3. The molecule has 3 heteroatoms. The van der Waals surface area contributed by atoms with E-state index in [1.807, 2.05) is 0 Å². The highest BCUT2D eigenvalue weighted by Crippen LogP contribution is 2.11. The van der Waals surface area contributed by atoms with Gasteiger partial charge in [0.25, 0.3) is 0 Å². The van der Waals surface area contributed by atoms with Crippen molar-refractivity contribution in [2.45, 2.75) is 20.0 Å². The van der Waals surface area contributed by atoms with Crippen molar-refractivity contribution in [1.29, 1.82) is 0 Å². The van der Waals surface area contributed by atoms with Crippen LogP contribution in [-0.2, 0) is 4.74 Å². The third-order valence-electron chi connectivity index (χ3n) is 0.905. The smallest absolute Gasteiger partial charge is 0.161 e. The van der Waals surface area contributed by atoms with Gasteiger partial charge in [0.2, 0.25) is 0 Å². The van der Waals surface area contributed by atoms with Crippen molar-refractivity contribution in [3.05, 3.63) is 6.10 Å². The van der Waals surface area contributed by atoms with Gasteiger partial charge in [-0.15, -0.1) is 0 Å². The lowest BCUT2D eigenvalue weighted by Gasteiger charge is -2.11. The van der Waals surface area contributed by atoms with Gasteiger partial charge in [0, 0.05) is 6.61 Å². The summed E-state index contributed by atoms with van der Waals surface area (Å²) >= 11 is 0. The first-order valence-corrected chi connectivity index (χ1v) is 2.90. The van der Waals surface area contributed by atoms with E-state index in [1.54, 1.807) is 6.92 Å². The summed E-state index contributed by atoms with van der Waals surface area (Å²) in [4.78, 5) is 0. The van der Waals surface area contributed by atoms with Crippen molar-refractivity contribution >= 4 is 0 Å². The number of hydrogen-bond donors (Lipinski definition) is 0. The van der Waals surface area contributed by atoms with Gasteiger partial charge in [-0.2, -0.15) is 0 Å². The van der Waals surface area contributed by atoms with Gasteiger partial charge in [0.05, 0.1) is 0 Å². The van der Waals surface area contributed by atoms with E-state index in [1.165, 1.54) is 6.92 Å². The van der Waals surface area contributed by atoms with Gasteiger partial charge in [-0.25, -0.2) is 8.78 Å². The van der Waals surface area contributed by atoms with Crippen LogP contribution in [0.5, 0.6) is 0 Å². The minimum Gasteiger partial charge on any atom is -0.366 e. The van der Waals surface area contributed by atoms with Crippen LogP contribution >= 0.6 is 0 Å². The molecule has 0 rings (SSSR count). The minimum atomic E-state index is -1.30. The van der Waals surface area contributed by atoms with Crippen LogP contribution < -0.4 is 0 Å². The summed E-state index contributed by atoms with van der Waals surface area (Å²) < 4.78 is 28.5. The number of ether oxygens (including phenoxy) is 1. The van der Waals surface area contributed by atoms with Gasteiger partial charge >= 0.3 is 0 Å². The van der Waals surface area contributed by atoms with Gasteiger partial charge in [-0.3, -0.25) is 0 Å². The van der Waals surface area contributed by atoms with E-state index < -0.39 is 12.8 Å². The van der Waals surface area contributed by atoms with E-state index in [0.717, 1.165) is 0 Å². The van der Waals surface area contributed by atoms with E-state index in [-0.39, 0.29) is 6.10 Å². The fourth-order valence-electron chi connectivity index (χ4n) is 0.445. The maximum Gasteiger partial charge on any atom is 0.161 e. The first-order chi connectivity index (χ1) is 4.22. The summed E-state index contributed by atoms with van der Waals surface area (Å²) in [6.07, 6.45) is -1.41. The Kier molecular flexibility index (Phi) is 4.58. The Balaban J connectivity index is 3.41. The van der Waals surface area contributed by atoms with E-state index in [0.29, 0.717) is 6.61 Å². The molecule has 0 spiro atoms. The molecule has 1 unspecified atom stereocenters. The summed E-state index contributed by atoms with van der Waals surface area (Å²) in [5.41, 5.74) is 0. The Morgan fingerprint density at radius 1 is 1.67 bits per heavy atom. The van der Waals surface area contributed by atoms with E-state index in [4.69, 9.17) is 0 Å². The van der Waals surface area contributed by atoms with Crippen molar-refractivity contribution < 1.29 is 13.5 Å². The normalized spacial score (nSPS) is 14.3. The fraction of sp³-hybridized carbons (Fsp3) is 0.833. The quantitative estimate of drug-likeness (QED) is 0.574. The zero-order valence-corrected chi connectivity index (χ0v) is 5.66. The van der Waals surface area contributed by atoms with E-state index in [9.17, 15) is 8.78 Å². The maximum absolute atomic E-state index is 12.2. The van der Waals surface area contributed by atoms with E-state index >= 15 is 0 Å². The average molecular weight is 137 g/mol. The number of alkyl halides is 2. The number of hydrogen-bond acceptors (Lipinski definition) is 1. The van der Waals surface area contributed by atoms with Gasteiger partial charge in [-0.05, 0) is 13.8 Å². The Bertz CT molecular complexity index is 66.1. The summed E-state index contributed by atoms with van der Waals surface area (Å²) in [7, 11) is 0. The van der Waals surface area contributed by atoms with Crippen molar-refractivity contribution in [3.63, 3.8) is 0 Å². The SMILES string of the molecule is CCO[C](CF)C(C)F. The van der Waals surface area contributed by atoms with Crippen LogP contribution in [0.15, 0.2) is 0 Å². The Morgan fingerprint density at radius 2 is 2.22 bits per heavy atom. The molecule has 0 amide bonds. The molecule has 0 aliphatic carbocycles. The molecule has 0 N–H and O–H groups in total. The molecule has 9 heavy (non-hydrogen) atoms. The van der Waals surface area contributed by atoms with Crippen LogP contribution in [0.4, 0.5) is 8.78 Å². The lowest BCUT2D eigenvalue weighted by Crippen LogP contribution is -2.15. The predicted octanol–water partition coefficient (Wildman–Crippen LogP) is 1.88. The molecule has 1 nitrogen and oxygen atoms in total. The van der Waals surface area contributed by atoms with Gasteiger partial charge < -0.3 is 4.74 Å². The average Bonchev–Trinajstić information content (AvgIpc) is 1.82. The predicted molar refractivity (Wildman–Crippen MR) is 31.4 cm³/mol. The van der Waals surface area contributed by atoms with Gasteiger partial charge in [0.1, 0.15) is 12.8 Å². The van der Waals surface area contributed by atoms with Crippen molar-refractivity contribution in [2.75, 3.05) is 13.3 Å². The van der Waals surface area contributed by atoms with Crippen molar-refractivity contribution in [1.82, 2.24) is 0 Å². The van der Waals surface area contributed by atoms with Crippen LogP contribution in [0.25, 0.3) is 0 Å². The molecule has 0 saturated carbocycles. The second-order valence-corrected chi connectivity index (χ2v) is 1.65. The van der Waals surface area contributed by atoms with Crippen LogP contribution in [0.1, 0.15) is 13.8 Å². The highest BCUT2D eigenvalue weighted by molar-refractivity contribution is 4.83. The van der Waals surface area contributed by atoms with E-state index in [2.05, 4.69) is 4.74 Å². The Morgan fingerprint density at radius 3 is 2.33 bits per heavy atom. The Hall–Kier alpha value is -0.180. The number of halogens is 2. The third-order valence-corrected chi connectivity index (χ3v) is 0.905. The zero-order chi connectivity index (χ0) is 7.28. The standard InChI is InChI=1S/C6H11F2O/c1-3-9-6(4-7)5(2)8/h5H,3-4H2,1-2H3. The molecule has 1 radical (unpaired) electrons. The summed E-state index contributed by atoms with van der Waals surface area (Å²) in [5.74, 6) is 0. The molecule has 0 aliphatic heterocycles. The monoisotopic (exact) mass is 137 g/mol. The molecular weight excluding hydrogens is 126 g/mol.